The Kier molecular flexibility index (Phi) is 6.70. The Balaban J connectivity index is 2.13. The van der Waals surface area contributed by atoms with Gasteiger partial charge in [-0.1, -0.05) is 23.7 Å². The van der Waals surface area contributed by atoms with Gasteiger partial charge in [0.05, 0.1) is 23.9 Å². The lowest BCUT2D eigenvalue weighted by Gasteiger charge is -2.13. The van der Waals surface area contributed by atoms with Gasteiger partial charge in [-0.3, -0.25) is 4.79 Å². The summed E-state index contributed by atoms with van der Waals surface area (Å²) in [5.41, 5.74) is 3.44. The molecule has 2 aromatic carbocycles. The van der Waals surface area contributed by atoms with Gasteiger partial charge in [0.1, 0.15) is 0 Å². The fourth-order valence-corrected chi connectivity index (χ4v) is 2.92. The van der Waals surface area contributed by atoms with Crippen LogP contribution >= 0.6 is 11.6 Å². The van der Waals surface area contributed by atoms with Crippen molar-refractivity contribution in [1.82, 2.24) is 0 Å². The van der Waals surface area contributed by atoms with Gasteiger partial charge in [0.25, 0.3) is 0 Å². The third-order valence-corrected chi connectivity index (χ3v) is 3.96. The van der Waals surface area contributed by atoms with Crippen molar-refractivity contribution in [3.63, 3.8) is 0 Å². The maximum absolute atomic E-state index is 12.2. The molecule has 2 rings (SSSR count). The Morgan fingerprint density at radius 3 is 2.50 bits per heavy atom. The topological polar surface area (TPSA) is 47.6 Å². The SMILES string of the molecule is COc1cc(/C=C/C(=O)Nc2c(C)cc(C)cc2Cl)ccc1OC(C)C. The Morgan fingerprint density at radius 2 is 1.88 bits per heavy atom. The van der Waals surface area contributed by atoms with E-state index in [2.05, 4.69) is 5.32 Å². The summed E-state index contributed by atoms with van der Waals surface area (Å²) in [5.74, 6) is 1.05. The van der Waals surface area contributed by atoms with Crippen LogP contribution in [0.25, 0.3) is 6.08 Å². The minimum atomic E-state index is -0.250. The van der Waals surface area contributed by atoms with Crippen molar-refractivity contribution in [3.05, 3.63) is 58.1 Å². The van der Waals surface area contributed by atoms with E-state index < -0.39 is 0 Å². The van der Waals surface area contributed by atoms with Crippen LogP contribution in [0.5, 0.6) is 11.5 Å². The number of hydrogen-bond acceptors (Lipinski definition) is 3. The maximum atomic E-state index is 12.2. The molecule has 4 nitrogen and oxygen atoms in total. The number of amides is 1. The molecule has 5 heteroatoms. The van der Waals surface area contributed by atoms with Crippen molar-refractivity contribution in [2.75, 3.05) is 12.4 Å². The molecule has 0 saturated heterocycles. The second-order valence-electron chi connectivity index (χ2n) is 6.34. The fraction of sp³-hybridized carbons (Fsp3) is 0.286. The zero-order chi connectivity index (χ0) is 19.3. The van der Waals surface area contributed by atoms with E-state index >= 15 is 0 Å². The van der Waals surface area contributed by atoms with Gasteiger partial charge in [-0.15, -0.1) is 0 Å². The molecule has 0 bridgehead atoms. The summed E-state index contributed by atoms with van der Waals surface area (Å²) in [6.07, 6.45) is 3.24. The first-order chi connectivity index (χ1) is 12.3. The van der Waals surface area contributed by atoms with Crippen LogP contribution in [0.15, 0.2) is 36.4 Å². The number of nitrogens with one attached hydrogen (secondary N) is 1. The van der Waals surface area contributed by atoms with Crippen LogP contribution in [0.3, 0.4) is 0 Å². The van der Waals surface area contributed by atoms with Crippen molar-refractivity contribution in [2.45, 2.75) is 33.8 Å². The van der Waals surface area contributed by atoms with Crippen LogP contribution in [0, 0.1) is 13.8 Å². The molecule has 0 spiro atoms. The van der Waals surface area contributed by atoms with Gasteiger partial charge in [-0.2, -0.15) is 0 Å². The van der Waals surface area contributed by atoms with Crippen LogP contribution in [0.4, 0.5) is 5.69 Å². The fourth-order valence-electron chi connectivity index (χ4n) is 2.55. The molecule has 0 aliphatic heterocycles. The Bertz CT molecular complexity index is 805. The number of carbonyl (C=O) groups excluding carboxylic acids is 1. The molecule has 0 aliphatic carbocycles. The number of hydrogen-bond donors (Lipinski definition) is 1. The number of ether oxygens (including phenoxy) is 2. The average molecular weight is 374 g/mol. The van der Waals surface area contributed by atoms with E-state index in [1.54, 1.807) is 13.2 Å². The summed E-state index contributed by atoms with van der Waals surface area (Å²) in [7, 11) is 1.59. The molecule has 138 valence electrons. The van der Waals surface area contributed by atoms with Crippen molar-refractivity contribution >= 4 is 29.3 Å². The van der Waals surface area contributed by atoms with E-state index in [-0.39, 0.29) is 12.0 Å². The molecular formula is C21H24ClNO3. The highest BCUT2D eigenvalue weighted by Crippen LogP contribution is 2.30. The number of anilines is 1. The summed E-state index contributed by atoms with van der Waals surface area (Å²) in [6, 6.07) is 9.33. The van der Waals surface area contributed by atoms with Gasteiger partial charge in [-0.05, 0) is 68.7 Å². The lowest BCUT2D eigenvalue weighted by molar-refractivity contribution is -0.111. The van der Waals surface area contributed by atoms with E-state index in [1.165, 1.54) is 6.08 Å². The molecule has 0 saturated carbocycles. The van der Waals surface area contributed by atoms with Gasteiger partial charge in [0, 0.05) is 6.08 Å². The Labute approximate surface area is 159 Å². The first kappa shape index (κ1) is 19.9. The normalized spacial score (nSPS) is 11.0. The molecule has 1 N–H and O–H groups in total. The molecule has 0 radical (unpaired) electrons. The summed E-state index contributed by atoms with van der Waals surface area (Å²) in [6.45, 7) is 7.78. The molecule has 0 aliphatic rings. The second kappa shape index (κ2) is 8.77. The zero-order valence-electron chi connectivity index (χ0n) is 15.7. The van der Waals surface area contributed by atoms with Crippen molar-refractivity contribution in [2.24, 2.45) is 0 Å². The van der Waals surface area contributed by atoms with Crippen molar-refractivity contribution < 1.29 is 14.3 Å². The van der Waals surface area contributed by atoms with Gasteiger partial charge in [-0.25, -0.2) is 0 Å². The monoisotopic (exact) mass is 373 g/mol. The molecule has 1 amide bonds. The highest BCUT2D eigenvalue weighted by Gasteiger charge is 2.09. The quantitative estimate of drug-likeness (QED) is 0.689. The first-order valence-corrected chi connectivity index (χ1v) is 8.78. The van der Waals surface area contributed by atoms with E-state index in [0.717, 1.165) is 16.7 Å². The molecular weight excluding hydrogens is 350 g/mol. The first-order valence-electron chi connectivity index (χ1n) is 8.40. The average Bonchev–Trinajstić information content (AvgIpc) is 2.56. The highest BCUT2D eigenvalue weighted by molar-refractivity contribution is 6.34. The number of aryl methyl sites for hydroxylation is 2. The van der Waals surface area contributed by atoms with Gasteiger partial charge in [0.15, 0.2) is 11.5 Å². The lowest BCUT2D eigenvalue weighted by Crippen LogP contribution is -2.09. The number of rotatable bonds is 6. The molecule has 26 heavy (non-hydrogen) atoms. The molecule has 0 fully saturated rings. The standard InChI is InChI=1S/C21H24ClNO3/c1-13(2)26-18-8-6-16(12-19(18)25-5)7-9-20(24)23-21-15(4)10-14(3)11-17(21)22/h6-13H,1-5H3,(H,23,24)/b9-7+. The Hall–Kier alpha value is -2.46. The smallest absolute Gasteiger partial charge is 0.248 e. The maximum Gasteiger partial charge on any atom is 0.248 e. The zero-order valence-corrected chi connectivity index (χ0v) is 16.5. The van der Waals surface area contributed by atoms with Crippen molar-refractivity contribution in [1.29, 1.82) is 0 Å². The predicted molar refractivity (Wildman–Crippen MR) is 107 cm³/mol. The minimum absolute atomic E-state index is 0.0542. The minimum Gasteiger partial charge on any atom is -0.493 e. The van der Waals surface area contributed by atoms with E-state index in [0.29, 0.717) is 22.2 Å². The molecule has 0 atom stereocenters. The Morgan fingerprint density at radius 1 is 1.15 bits per heavy atom. The number of halogens is 1. The van der Waals surface area contributed by atoms with Crippen LogP contribution in [0.2, 0.25) is 5.02 Å². The third kappa shape index (κ3) is 5.27. The van der Waals surface area contributed by atoms with Crippen LogP contribution in [0.1, 0.15) is 30.5 Å². The van der Waals surface area contributed by atoms with E-state index in [4.69, 9.17) is 21.1 Å². The van der Waals surface area contributed by atoms with Crippen LogP contribution < -0.4 is 14.8 Å². The van der Waals surface area contributed by atoms with E-state index in [9.17, 15) is 4.79 Å². The summed E-state index contributed by atoms with van der Waals surface area (Å²) in [5, 5.41) is 3.36. The summed E-state index contributed by atoms with van der Waals surface area (Å²) >= 11 is 6.23. The summed E-state index contributed by atoms with van der Waals surface area (Å²) in [4.78, 5) is 12.2. The van der Waals surface area contributed by atoms with E-state index in [1.807, 2.05) is 58.0 Å². The lowest BCUT2D eigenvalue weighted by atomic mass is 10.1. The number of benzene rings is 2. The summed E-state index contributed by atoms with van der Waals surface area (Å²) < 4.78 is 11.0. The van der Waals surface area contributed by atoms with Gasteiger partial charge in [0.2, 0.25) is 5.91 Å². The second-order valence-corrected chi connectivity index (χ2v) is 6.75. The predicted octanol–water partition coefficient (Wildman–Crippen LogP) is 5.40. The van der Waals surface area contributed by atoms with Crippen LogP contribution in [-0.2, 0) is 4.79 Å². The number of carbonyl (C=O) groups is 1. The number of methoxy groups -OCH3 is 1. The van der Waals surface area contributed by atoms with Gasteiger partial charge < -0.3 is 14.8 Å². The van der Waals surface area contributed by atoms with Crippen LogP contribution in [-0.4, -0.2) is 19.1 Å². The molecule has 0 aromatic heterocycles. The molecule has 0 unspecified atom stereocenters. The van der Waals surface area contributed by atoms with Crippen molar-refractivity contribution in [3.8, 4) is 11.5 Å². The molecule has 0 heterocycles. The highest BCUT2D eigenvalue weighted by atomic mass is 35.5. The molecule has 2 aromatic rings. The third-order valence-electron chi connectivity index (χ3n) is 3.66. The van der Waals surface area contributed by atoms with Gasteiger partial charge >= 0.3 is 0 Å². The largest absolute Gasteiger partial charge is 0.493 e.